The van der Waals surface area contributed by atoms with Gasteiger partial charge in [0.15, 0.2) is 6.04 Å². The standard InChI is InChI=1S/C22H32N4O10/c1-10(27)17(25-19(32)14(23)7-8-16(30)31)21(34)24-15(9-12-3-5-13(29)6-4-12)20(33)26-18(11(2)28)22(35)36/h3-6,10-11,14-15,17-18,27-29H,7-9,23H2,1-2H3,(H,24,34)(H,25,32)(H,26,33)(H,30,31)(H,35,36). The van der Waals surface area contributed by atoms with E-state index in [2.05, 4.69) is 16.0 Å². The van der Waals surface area contributed by atoms with Crippen molar-refractivity contribution in [2.24, 2.45) is 5.73 Å². The molecule has 0 bridgehead atoms. The average Bonchev–Trinajstić information content (AvgIpc) is 2.79. The van der Waals surface area contributed by atoms with E-state index in [4.69, 9.17) is 10.8 Å². The van der Waals surface area contributed by atoms with Crippen molar-refractivity contribution in [1.82, 2.24) is 16.0 Å². The lowest BCUT2D eigenvalue weighted by Gasteiger charge is -2.27. The minimum absolute atomic E-state index is 0.0556. The van der Waals surface area contributed by atoms with Crippen LogP contribution in [0.2, 0.25) is 0 Å². The lowest BCUT2D eigenvalue weighted by molar-refractivity contribution is -0.145. The van der Waals surface area contributed by atoms with Crippen LogP contribution in [0.4, 0.5) is 0 Å². The van der Waals surface area contributed by atoms with Gasteiger partial charge in [0.25, 0.3) is 0 Å². The van der Waals surface area contributed by atoms with Crippen LogP contribution in [-0.2, 0) is 30.4 Å². The third-order valence-electron chi connectivity index (χ3n) is 5.12. The number of nitrogens with one attached hydrogen (secondary N) is 3. The molecule has 200 valence electrons. The number of benzene rings is 1. The molecule has 36 heavy (non-hydrogen) atoms. The van der Waals surface area contributed by atoms with Crippen molar-refractivity contribution < 1.29 is 49.5 Å². The topological polar surface area (TPSA) is 249 Å². The molecule has 0 aliphatic rings. The van der Waals surface area contributed by atoms with Gasteiger partial charge in [-0.3, -0.25) is 19.2 Å². The number of hydrogen-bond donors (Lipinski definition) is 9. The molecule has 1 aromatic carbocycles. The molecule has 0 fully saturated rings. The van der Waals surface area contributed by atoms with Gasteiger partial charge < -0.3 is 47.2 Å². The maximum Gasteiger partial charge on any atom is 0.328 e. The van der Waals surface area contributed by atoms with Gasteiger partial charge in [-0.1, -0.05) is 12.1 Å². The van der Waals surface area contributed by atoms with Crippen molar-refractivity contribution in [3.05, 3.63) is 29.8 Å². The number of carboxylic acid groups (broad SMARTS) is 2. The molecule has 0 aliphatic carbocycles. The van der Waals surface area contributed by atoms with Gasteiger partial charge in [0.1, 0.15) is 17.8 Å². The molecule has 6 unspecified atom stereocenters. The number of carboxylic acids is 2. The smallest absolute Gasteiger partial charge is 0.328 e. The zero-order valence-electron chi connectivity index (χ0n) is 19.7. The molecule has 6 atom stereocenters. The molecular formula is C22H32N4O10. The van der Waals surface area contributed by atoms with Crippen LogP contribution in [0, 0.1) is 0 Å². The first-order valence-corrected chi connectivity index (χ1v) is 11.0. The summed E-state index contributed by atoms with van der Waals surface area (Å²) in [5.41, 5.74) is 6.10. The van der Waals surface area contributed by atoms with Crippen molar-refractivity contribution in [3.63, 3.8) is 0 Å². The summed E-state index contributed by atoms with van der Waals surface area (Å²) in [6.45, 7) is 2.34. The number of aliphatic hydroxyl groups is 2. The molecule has 14 heteroatoms. The summed E-state index contributed by atoms with van der Waals surface area (Å²) in [5.74, 6) is -5.64. The van der Waals surface area contributed by atoms with E-state index in [1.54, 1.807) is 0 Å². The number of carbonyl (C=O) groups excluding carboxylic acids is 3. The summed E-state index contributed by atoms with van der Waals surface area (Å²) in [6, 6.07) is -0.388. The van der Waals surface area contributed by atoms with E-state index in [0.717, 1.165) is 6.92 Å². The fraction of sp³-hybridized carbons (Fsp3) is 0.500. The molecule has 0 spiro atoms. The Hall–Kier alpha value is -3.75. The molecule has 0 heterocycles. The van der Waals surface area contributed by atoms with E-state index in [9.17, 15) is 44.4 Å². The zero-order valence-corrected chi connectivity index (χ0v) is 19.7. The van der Waals surface area contributed by atoms with Crippen LogP contribution in [0.3, 0.4) is 0 Å². The number of phenolic OH excluding ortho intramolecular Hbond substituents is 1. The van der Waals surface area contributed by atoms with Gasteiger partial charge >= 0.3 is 11.9 Å². The van der Waals surface area contributed by atoms with E-state index >= 15 is 0 Å². The molecule has 0 aliphatic heterocycles. The van der Waals surface area contributed by atoms with Crippen LogP contribution in [0.15, 0.2) is 24.3 Å². The number of aliphatic hydroxyl groups excluding tert-OH is 2. The largest absolute Gasteiger partial charge is 0.508 e. The van der Waals surface area contributed by atoms with E-state index in [1.165, 1.54) is 31.2 Å². The molecular weight excluding hydrogens is 480 g/mol. The minimum Gasteiger partial charge on any atom is -0.508 e. The fourth-order valence-electron chi connectivity index (χ4n) is 3.06. The van der Waals surface area contributed by atoms with Crippen LogP contribution in [0.5, 0.6) is 5.75 Å². The van der Waals surface area contributed by atoms with E-state index in [1.807, 2.05) is 0 Å². The number of amides is 3. The predicted molar refractivity (Wildman–Crippen MR) is 123 cm³/mol. The van der Waals surface area contributed by atoms with Gasteiger partial charge in [-0.25, -0.2) is 4.79 Å². The Morgan fingerprint density at radius 1 is 0.833 bits per heavy atom. The predicted octanol–water partition coefficient (Wildman–Crippen LogP) is -2.57. The summed E-state index contributed by atoms with van der Waals surface area (Å²) in [5, 5.41) is 53.8. The van der Waals surface area contributed by atoms with Crippen molar-refractivity contribution in [2.75, 3.05) is 0 Å². The Kier molecular flexibility index (Phi) is 11.7. The maximum absolute atomic E-state index is 12.9. The summed E-state index contributed by atoms with van der Waals surface area (Å²) in [7, 11) is 0. The highest BCUT2D eigenvalue weighted by atomic mass is 16.4. The number of aliphatic carboxylic acids is 2. The lowest BCUT2D eigenvalue weighted by atomic mass is 10.0. The first-order valence-electron chi connectivity index (χ1n) is 11.0. The lowest BCUT2D eigenvalue weighted by Crippen LogP contribution is -2.60. The highest BCUT2D eigenvalue weighted by Crippen LogP contribution is 2.12. The van der Waals surface area contributed by atoms with Crippen LogP contribution in [0.25, 0.3) is 0 Å². The number of phenols is 1. The van der Waals surface area contributed by atoms with Crippen molar-refractivity contribution in [2.45, 2.75) is 69.5 Å². The van der Waals surface area contributed by atoms with Gasteiger partial charge in [-0.2, -0.15) is 0 Å². The molecule has 3 amide bonds. The first-order chi connectivity index (χ1) is 16.7. The number of hydrogen-bond acceptors (Lipinski definition) is 9. The normalized spacial score (nSPS) is 15.9. The molecule has 0 saturated heterocycles. The zero-order chi connectivity index (χ0) is 27.6. The molecule has 14 nitrogen and oxygen atoms in total. The van der Waals surface area contributed by atoms with E-state index < -0.39 is 72.5 Å². The SMILES string of the molecule is CC(O)C(NC(=O)C(Cc1ccc(O)cc1)NC(=O)C(NC(=O)C(N)CCC(=O)O)C(C)O)C(=O)O. The summed E-state index contributed by atoms with van der Waals surface area (Å²) < 4.78 is 0. The highest BCUT2D eigenvalue weighted by molar-refractivity contribution is 5.94. The third-order valence-corrected chi connectivity index (χ3v) is 5.12. The average molecular weight is 513 g/mol. The van der Waals surface area contributed by atoms with Crippen molar-refractivity contribution in [1.29, 1.82) is 0 Å². The van der Waals surface area contributed by atoms with Gasteiger partial charge in [0, 0.05) is 12.8 Å². The molecule has 0 saturated carbocycles. The molecule has 0 radical (unpaired) electrons. The van der Waals surface area contributed by atoms with Gasteiger partial charge in [0.05, 0.1) is 18.2 Å². The van der Waals surface area contributed by atoms with Crippen molar-refractivity contribution in [3.8, 4) is 5.75 Å². The van der Waals surface area contributed by atoms with Gasteiger partial charge in [-0.05, 0) is 38.0 Å². The first kappa shape index (κ1) is 30.3. The fourth-order valence-corrected chi connectivity index (χ4v) is 3.06. The van der Waals surface area contributed by atoms with Crippen LogP contribution in [0.1, 0.15) is 32.3 Å². The van der Waals surface area contributed by atoms with Crippen LogP contribution in [-0.4, -0.2) is 91.6 Å². The Morgan fingerprint density at radius 2 is 1.36 bits per heavy atom. The molecule has 1 rings (SSSR count). The molecule has 10 N–H and O–H groups in total. The maximum atomic E-state index is 12.9. The number of carbonyl (C=O) groups is 5. The summed E-state index contributed by atoms with van der Waals surface area (Å²) >= 11 is 0. The third kappa shape index (κ3) is 9.85. The monoisotopic (exact) mass is 512 g/mol. The second kappa shape index (κ2) is 14.0. The van der Waals surface area contributed by atoms with E-state index in [0.29, 0.717) is 5.56 Å². The molecule has 0 aromatic heterocycles. The molecule has 1 aromatic rings. The van der Waals surface area contributed by atoms with Crippen molar-refractivity contribution >= 4 is 29.7 Å². The van der Waals surface area contributed by atoms with Crippen LogP contribution >= 0.6 is 0 Å². The number of rotatable bonds is 14. The van der Waals surface area contributed by atoms with Gasteiger partial charge in [-0.15, -0.1) is 0 Å². The Labute approximate surface area is 206 Å². The summed E-state index contributed by atoms with van der Waals surface area (Å²) in [6.07, 6.45) is -3.72. The Bertz CT molecular complexity index is 935. The van der Waals surface area contributed by atoms with E-state index in [-0.39, 0.29) is 18.6 Å². The highest BCUT2D eigenvalue weighted by Gasteiger charge is 2.33. The minimum atomic E-state index is -1.68. The summed E-state index contributed by atoms with van der Waals surface area (Å²) in [4.78, 5) is 60.1. The number of nitrogens with two attached hydrogens (primary N) is 1. The quantitative estimate of drug-likeness (QED) is 0.125. The Balaban J connectivity index is 3.10. The second-order valence-electron chi connectivity index (χ2n) is 8.26. The Morgan fingerprint density at radius 3 is 1.83 bits per heavy atom. The second-order valence-corrected chi connectivity index (χ2v) is 8.26. The van der Waals surface area contributed by atoms with Gasteiger partial charge in [0.2, 0.25) is 17.7 Å². The van der Waals surface area contributed by atoms with Crippen LogP contribution < -0.4 is 21.7 Å². The number of aromatic hydroxyl groups is 1.